The van der Waals surface area contributed by atoms with Gasteiger partial charge in [-0.25, -0.2) is 0 Å². The van der Waals surface area contributed by atoms with Gasteiger partial charge in [0.05, 0.1) is 5.52 Å². The third kappa shape index (κ3) is 1.29. The van der Waals surface area contributed by atoms with Crippen molar-refractivity contribution in [2.24, 2.45) is 0 Å². The minimum absolute atomic E-state index is 0.781. The molecule has 13 heavy (non-hydrogen) atoms. The van der Waals surface area contributed by atoms with Crippen molar-refractivity contribution in [2.75, 3.05) is 5.73 Å². The number of fused-ring (bicyclic) bond motifs is 1. The van der Waals surface area contributed by atoms with Gasteiger partial charge in [-0.3, -0.25) is 4.98 Å². The van der Waals surface area contributed by atoms with Crippen molar-refractivity contribution in [1.82, 2.24) is 4.98 Å². The van der Waals surface area contributed by atoms with E-state index < -0.39 is 0 Å². The van der Waals surface area contributed by atoms with Crippen LogP contribution in [0.15, 0.2) is 28.9 Å². The fraction of sp³-hybridized carbons (Fsp3) is 0.100. The van der Waals surface area contributed by atoms with Gasteiger partial charge in [-0.15, -0.1) is 0 Å². The molecule has 1 aromatic heterocycles. The Hall–Kier alpha value is -1.09. The van der Waals surface area contributed by atoms with Crippen LogP contribution in [0.2, 0.25) is 0 Å². The van der Waals surface area contributed by atoms with Crippen molar-refractivity contribution >= 4 is 32.5 Å². The quantitative estimate of drug-likeness (QED) is 0.715. The predicted molar refractivity (Wildman–Crippen MR) is 58.6 cm³/mol. The van der Waals surface area contributed by atoms with Crippen LogP contribution in [-0.2, 0) is 0 Å². The zero-order chi connectivity index (χ0) is 9.42. The molecule has 2 N–H and O–H groups in total. The number of hydrogen-bond acceptors (Lipinski definition) is 2. The van der Waals surface area contributed by atoms with E-state index in [1.54, 1.807) is 6.20 Å². The number of rotatable bonds is 0. The standard InChI is InChI=1S/C10H9BrN2/c1-6-5-8(12)7-3-2-4-13-10(7)9(6)11/h2-5H,12H2,1H3. The maximum atomic E-state index is 5.87. The molecule has 0 fully saturated rings. The molecule has 2 nitrogen and oxygen atoms in total. The largest absolute Gasteiger partial charge is 0.398 e. The molecule has 2 aromatic rings. The fourth-order valence-electron chi connectivity index (χ4n) is 1.37. The predicted octanol–water partition coefficient (Wildman–Crippen LogP) is 2.89. The molecule has 66 valence electrons. The van der Waals surface area contributed by atoms with Crippen LogP contribution in [0, 0.1) is 6.92 Å². The number of halogens is 1. The average Bonchev–Trinajstić information content (AvgIpc) is 2.15. The van der Waals surface area contributed by atoms with Gasteiger partial charge in [0, 0.05) is 21.7 Å². The van der Waals surface area contributed by atoms with Gasteiger partial charge in [-0.1, -0.05) is 0 Å². The SMILES string of the molecule is Cc1cc(N)c2cccnc2c1Br. The minimum Gasteiger partial charge on any atom is -0.398 e. The minimum atomic E-state index is 0.781. The number of nitrogen functional groups attached to an aromatic ring is 1. The third-order valence-corrected chi connectivity index (χ3v) is 3.05. The Bertz CT molecular complexity index is 466. The van der Waals surface area contributed by atoms with Gasteiger partial charge in [-0.05, 0) is 46.6 Å². The van der Waals surface area contributed by atoms with Crippen LogP contribution >= 0.6 is 15.9 Å². The molecule has 0 aliphatic carbocycles. The highest BCUT2D eigenvalue weighted by Gasteiger charge is 2.05. The Labute approximate surface area is 84.9 Å². The van der Waals surface area contributed by atoms with E-state index in [0.717, 1.165) is 26.6 Å². The first kappa shape index (κ1) is 8.51. The zero-order valence-corrected chi connectivity index (χ0v) is 8.80. The smallest absolute Gasteiger partial charge is 0.0867 e. The Morgan fingerprint density at radius 3 is 3.00 bits per heavy atom. The summed E-state index contributed by atoms with van der Waals surface area (Å²) in [6.07, 6.45) is 1.77. The van der Waals surface area contributed by atoms with Gasteiger partial charge in [0.1, 0.15) is 0 Å². The topological polar surface area (TPSA) is 38.9 Å². The second-order valence-electron chi connectivity index (χ2n) is 3.00. The van der Waals surface area contributed by atoms with Gasteiger partial charge in [0.2, 0.25) is 0 Å². The number of benzene rings is 1. The molecule has 0 unspecified atom stereocenters. The molecule has 3 heteroatoms. The molecule has 1 heterocycles. The van der Waals surface area contributed by atoms with E-state index in [1.165, 1.54) is 0 Å². The Balaban J connectivity index is 2.97. The Morgan fingerprint density at radius 2 is 2.23 bits per heavy atom. The molecular weight excluding hydrogens is 228 g/mol. The van der Waals surface area contributed by atoms with E-state index in [0.29, 0.717) is 0 Å². The molecule has 0 aliphatic rings. The summed E-state index contributed by atoms with van der Waals surface area (Å²) in [6, 6.07) is 5.82. The van der Waals surface area contributed by atoms with Crippen molar-refractivity contribution in [3.8, 4) is 0 Å². The van der Waals surface area contributed by atoms with Crippen molar-refractivity contribution in [3.05, 3.63) is 34.4 Å². The van der Waals surface area contributed by atoms with Crippen LogP contribution in [0.3, 0.4) is 0 Å². The van der Waals surface area contributed by atoms with E-state index >= 15 is 0 Å². The average molecular weight is 237 g/mol. The molecule has 0 amide bonds. The van der Waals surface area contributed by atoms with Crippen LogP contribution in [-0.4, -0.2) is 4.98 Å². The summed E-state index contributed by atoms with van der Waals surface area (Å²) in [5.41, 5.74) is 8.69. The first-order chi connectivity index (χ1) is 6.20. The number of hydrogen-bond donors (Lipinski definition) is 1. The third-order valence-electron chi connectivity index (χ3n) is 2.04. The number of aromatic nitrogens is 1. The number of aryl methyl sites for hydroxylation is 1. The van der Waals surface area contributed by atoms with E-state index in [4.69, 9.17) is 5.73 Å². The number of pyridine rings is 1. The fourth-order valence-corrected chi connectivity index (χ4v) is 1.80. The lowest BCUT2D eigenvalue weighted by molar-refractivity contribution is 1.37. The van der Waals surface area contributed by atoms with Crippen molar-refractivity contribution < 1.29 is 0 Å². The van der Waals surface area contributed by atoms with Crippen LogP contribution in [0.4, 0.5) is 5.69 Å². The highest BCUT2D eigenvalue weighted by Crippen LogP contribution is 2.29. The molecule has 2 rings (SSSR count). The highest BCUT2D eigenvalue weighted by atomic mass is 79.9. The van der Waals surface area contributed by atoms with Crippen molar-refractivity contribution in [3.63, 3.8) is 0 Å². The lowest BCUT2D eigenvalue weighted by atomic mass is 10.1. The van der Waals surface area contributed by atoms with Crippen LogP contribution in [0.5, 0.6) is 0 Å². The molecule has 0 radical (unpaired) electrons. The molecular formula is C10H9BrN2. The number of nitrogens with zero attached hydrogens (tertiary/aromatic N) is 1. The summed E-state index contributed by atoms with van der Waals surface area (Å²) in [7, 11) is 0. The number of anilines is 1. The van der Waals surface area contributed by atoms with Gasteiger partial charge in [0.25, 0.3) is 0 Å². The van der Waals surface area contributed by atoms with E-state index in [1.807, 2.05) is 25.1 Å². The maximum absolute atomic E-state index is 5.87. The summed E-state index contributed by atoms with van der Waals surface area (Å²) in [5, 5.41) is 1.000. The summed E-state index contributed by atoms with van der Waals surface area (Å²) < 4.78 is 1.03. The summed E-state index contributed by atoms with van der Waals surface area (Å²) in [6.45, 7) is 2.01. The molecule has 0 atom stereocenters. The zero-order valence-electron chi connectivity index (χ0n) is 7.21. The number of nitrogens with two attached hydrogens (primary N) is 1. The van der Waals surface area contributed by atoms with Crippen LogP contribution < -0.4 is 5.73 Å². The Kier molecular flexibility index (Phi) is 1.96. The van der Waals surface area contributed by atoms with E-state index in [9.17, 15) is 0 Å². The monoisotopic (exact) mass is 236 g/mol. The van der Waals surface area contributed by atoms with Crippen molar-refractivity contribution in [1.29, 1.82) is 0 Å². The molecule has 0 saturated carbocycles. The molecule has 0 bridgehead atoms. The second-order valence-corrected chi connectivity index (χ2v) is 3.79. The molecule has 0 aliphatic heterocycles. The van der Waals surface area contributed by atoms with Crippen molar-refractivity contribution in [2.45, 2.75) is 6.92 Å². The second kappa shape index (κ2) is 3.00. The van der Waals surface area contributed by atoms with Gasteiger partial charge in [0.15, 0.2) is 0 Å². The summed E-state index contributed by atoms with van der Waals surface area (Å²) >= 11 is 3.50. The van der Waals surface area contributed by atoms with Crippen LogP contribution in [0.25, 0.3) is 10.9 Å². The van der Waals surface area contributed by atoms with Gasteiger partial charge in [-0.2, -0.15) is 0 Å². The van der Waals surface area contributed by atoms with E-state index in [-0.39, 0.29) is 0 Å². The summed E-state index contributed by atoms with van der Waals surface area (Å²) in [4.78, 5) is 4.28. The molecule has 1 aromatic carbocycles. The Morgan fingerprint density at radius 1 is 1.46 bits per heavy atom. The van der Waals surface area contributed by atoms with E-state index in [2.05, 4.69) is 20.9 Å². The lowest BCUT2D eigenvalue weighted by Crippen LogP contribution is -1.91. The molecule has 0 saturated heterocycles. The van der Waals surface area contributed by atoms with Crippen LogP contribution in [0.1, 0.15) is 5.56 Å². The highest BCUT2D eigenvalue weighted by molar-refractivity contribution is 9.10. The first-order valence-electron chi connectivity index (χ1n) is 3.99. The lowest BCUT2D eigenvalue weighted by Gasteiger charge is -2.05. The first-order valence-corrected chi connectivity index (χ1v) is 4.79. The van der Waals surface area contributed by atoms with Gasteiger partial charge < -0.3 is 5.73 Å². The maximum Gasteiger partial charge on any atom is 0.0867 e. The molecule has 0 spiro atoms. The van der Waals surface area contributed by atoms with Gasteiger partial charge >= 0.3 is 0 Å². The normalized spacial score (nSPS) is 10.6. The summed E-state index contributed by atoms with van der Waals surface area (Å²) in [5.74, 6) is 0.